The number of aliphatic carboxylic acids is 1. The summed E-state index contributed by atoms with van der Waals surface area (Å²) < 4.78 is 3.59. The lowest BCUT2D eigenvalue weighted by Crippen LogP contribution is -2.11. The summed E-state index contributed by atoms with van der Waals surface area (Å²) in [7, 11) is 0. The molecule has 112 valence electrons. The Hall–Kier alpha value is -2.11. The van der Waals surface area contributed by atoms with E-state index < -0.39 is 5.97 Å². The van der Waals surface area contributed by atoms with Crippen LogP contribution in [0.5, 0.6) is 0 Å². The standard InChI is InChI=1S/C15H20N4O2/c1-10-15(11(2)18(17-10)9-14(20)21)12-7-16-19(8-12)13-5-3-4-6-13/h7-8,13H,3-6,9H2,1-2H3,(H,20,21). The number of aryl methyl sites for hydroxylation is 1. The molecule has 1 N–H and O–H groups in total. The molecule has 6 nitrogen and oxygen atoms in total. The van der Waals surface area contributed by atoms with Crippen LogP contribution in [-0.4, -0.2) is 30.6 Å². The molecule has 2 heterocycles. The molecule has 2 aromatic heterocycles. The minimum Gasteiger partial charge on any atom is -0.480 e. The molecule has 6 heteroatoms. The first-order valence-corrected chi connectivity index (χ1v) is 7.36. The van der Waals surface area contributed by atoms with Gasteiger partial charge < -0.3 is 5.11 Å². The Morgan fingerprint density at radius 3 is 2.76 bits per heavy atom. The molecule has 0 spiro atoms. The molecule has 0 atom stereocenters. The molecule has 1 aliphatic rings. The fourth-order valence-electron chi connectivity index (χ4n) is 3.23. The molecule has 1 aliphatic carbocycles. The minimum absolute atomic E-state index is 0.108. The average molecular weight is 288 g/mol. The number of carboxylic acids is 1. The zero-order valence-electron chi connectivity index (χ0n) is 12.4. The second kappa shape index (κ2) is 5.35. The summed E-state index contributed by atoms with van der Waals surface area (Å²) in [6, 6.07) is 0.508. The van der Waals surface area contributed by atoms with E-state index in [0.717, 1.165) is 22.5 Å². The van der Waals surface area contributed by atoms with Gasteiger partial charge in [0.25, 0.3) is 0 Å². The number of aromatic nitrogens is 4. The van der Waals surface area contributed by atoms with E-state index in [4.69, 9.17) is 5.11 Å². The van der Waals surface area contributed by atoms with Crippen LogP contribution < -0.4 is 0 Å². The molecule has 0 saturated heterocycles. The van der Waals surface area contributed by atoms with Crippen molar-refractivity contribution < 1.29 is 9.90 Å². The van der Waals surface area contributed by atoms with Crippen LogP contribution in [0.15, 0.2) is 12.4 Å². The Kier molecular flexibility index (Phi) is 3.53. The highest BCUT2D eigenvalue weighted by Crippen LogP contribution is 2.32. The van der Waals surface area contributed by atoms with Gasteiger partial charge in [0.1, 0.15) is 6.54 Å². The SMILES string of the molecule is Cc1nn(CC(=O)O)c(C)c1-c1cnn(C2CCCC2)c1. The van der Waals surface area contributed by atoms with Gasteiger partial charge in [-0.2, -0.15) is 10.2 Å². The molecule has 0 amide bonds. The summed E-state index contributed by atoms with van der Waals surface area (Å²) in [5.41, 5.74) is 3.75. The quantitative estimate of drug-likeness (QED) is 0.938. The number of rotatable bonds is 4. The number of carbonyl (C=O) groups is 1. The summed E-state index contributed by atoms with van der Waals surface area (Å²) in [6.07, 6.45) is 8.86. The van der Waals surface area contributed by atoms with Crippen molar-refractivity contribution in [3.8, 4) is 11.1 Å². The predicted octanol–water partition coefficient (Wildman–Crippen LogP) is 2.56. The van der Waals surface area contributed by atoms with Gasteiger partial charge in [-0.1, -0.05) is 12.8 Å². The van der Waals surface area contributed by atoms with Crippen molar-refractivity contribution in [3.05, 3.63) is 23.8 Å². The van der Waals surface area contributed by atoms with Crippen molar-refractivity contribution in [2.75, 3.05) is 0 Å². The van der Waals surface area contributed by atoms with Gasteiger partial charge in [-0.15, -0.1) is 0 Å². The fourth-order valence-corrected chi connectivity index (χ4v) is 3.23. The molecule has 1 saturated carbocycles. The lowest BCUT2D eigenvalue weighted by molar-refractivity contribution is -0.137. The van der Waals surface area contributed by atoms with E-state index in [1.165, 1.54) is 25.7 Å². The van der Waals surface area contributed by atoms with Gasteiger partial charge in [0.2, 0.25) is 0 Å². The Morgan fingerprint density at radius 1 is 1.38 bits per heavy atom. The summed E-state index contributed by atoms with van der Waals surface area (Å²) in [5.74, 6) is -0.881. The molecule has 0 aliphatic heterocycles. The smallest absolute Gasteiger partial charge is 0.325 e. The minimum atomic E-state index is -0.881. The monoisotopic (exact) mass is 288 g/mol. The van der Waals surface area contributed by atoms with Gasteiger partial charge in [-0.05, 0) is 26.7 Å². The topological polar surface area (TPSA) is 72.9 Å². The Bertz CT molecular complexity index is 665. The maximum Gasteiger partial charge on any atom is 0.325 e. The molecule has 2 aromatic rings. The first-order chi connectivity index (χ1) is 10.1. The van der Waals surface area contributed by atoms with E-state index in [-0.39, 0.29) is 6.54 Å². The third kappa shape index (κ3) is 2.57. The third-order valence-electron chi connectivity index (χ3n) is 4.26. The molecular formula is C15H20N4O2. The van der Waals surface area contributed by atoms with Gasteiger partial charge in [0.05, 0.1) is 17.9 Å². The van der Waals surface area contributed by atoms with E-state index >= 15 is 0 Å². The van der Waals surface area contributed by atoms with Crippen LogP contribution in [0.3, 0.4) is 0 Å². The lowest BCUT2D eigenvalue weighted by Gasteiger charge is -2.08. The van der Waals surface area contributed by atoms with E-state index in [1.54, 1.807) is 4.68 Å². The van der Waals surface area contributed by atoms with Crippen LogP contribution >= 0.6 is 0 Å². The van der Waals surface area contributed by atoms with Crippen LogP contribution in [0.4, 0.5) is 0 Å². The molecule has 0 aromatic carbocycles. The van der Waals surface area contributed by atoms with Crippen LogP contribution in [0.1, 0.15) is 43.1 Å². The number of carboxylic acid groups (broad SMARTS) is 1. The first-order valence-electron chi connectivity index (χ1n) is 7.36. The van der Waals surface area contributed by atoms with Crippen molar-refractivity contribution in [1.82, 2.24) is 19.6 Å². The summed E-state index contributed by atoms with van der Waals surface area (Å²) in [5, 5.41) is 17.8. The van der Waals surface area contributed by atoms with Crippen molar-refractivity contribution in [2.24, 2.45) is 0 Å². The highest BCUT2D eigenvalue weighted by molar-refractivity contribution is 5.70. The molecule has 1 fully saturated rings. The van der Waals surface area contributed by atoms with E-state index in [1.807, 2.05) is 20.0 Å². The largest absolute Gasteiger partial charge is 0.480 e. The van der Waals surface area contributed by atoms with Crippen LogP contribution in [0, 0.1) is 13.8 Å². The Labute approximate surface area is 123 Å². The maximum absolute atomic E-state index is 10.9. The summed E-state index contributed by atoms with van der Waals surface area (Å²) in [4.78, 5) is 10.9. The Morgan fingerprint density at radius 2 is 2.10 bits per heavy atom. The van der Waals surface area contributed by atoms with Crippen molar-refractivity contribution in [2.45, 2.75) is 52.1 Å². The molecule has 3 rings (SSSR count). The number of nitrogens with zero attached hydrogens (tertiary/aromatic N) is 4. The zero-order chi connectivity index (χ0) is 15.0. The van der Waals surface area contributed by atoms with Crippen molar-refractivity contribution in [1.29, 1.82) is 0 Å². The second-order valence-electron chi connectivity index (χ2n) is 5.74. The van der Waals surface area contributed by atoms with Crippen LogP contribution in [-0.2, 0) is 11.3 Å². The van der Waals surface area contributed by atoms with Crippen molar-refractivity contribution in [3.63, 3.8) is 0 Å². The predicted molar refractivity (Wildman–Crippen MR) is 78.1 cm³/mol. The normalized spacial score (nSPS) is 15.7. The van der Waals surface area contributed by atoms with E-state index in [2.05, 4.69) is 21.1 Å². The van der Waals surface area contributed by atoms with Gasteiger partial charge in [0, 0.05) is 23.0 Å². The fraction of sp³-hybridized carbons (Fsp3) is 0.533. The molecule has 21 heavy (non-hydrogen) atoms. The second-order valence-corrected chi connectivity index (χ2v) is 5.74. The molecule has 0 radical (unpaired) electrons. The summed E-state index contributed by atoms with van der Waals surface area (Å²) >= 11 is 0. The third-order valence-corrected chi connectivity index (χ3v) is 4.26. The lowest BCUT2D eigenvalue weighted by atomic mass is 10.1. The maximum atomic E-state index is 10.9. The average Bonchev–Trinajstić information content (AvgIpc) is 3.11. The molecular weight excluding hydrogens is 268 g/mol. The zero-order valence-corrected chi connectivity index (χ0v) is 12.4. The molecule has 0 bridgehead atoms. The Balaban J connectivity index is 1.93. The van der Waals surface area contributed by atoms with Crippen LogP contribution in [0.25, 0.3) is 11.1 Å². The molecule has 0 unspecified atom stereocenters. The number of hydrogen-bond donors (Lipinski definition) is 1. The highest BCUT2D eigenvalue weighted by atomic mass is 16.4. The van der Waals surface area contributed by atoms with Crippen LogP contribution in [0.2, 0.25) is 0 Å². The van der Waals surface area contributed by atoms with Gasteiger partial charge in [0.15, 0.2) is 0 Å². The van der Waals surface area contributed by atoms with E-state index in [9.17, 15) is 4.79 Å². The van der Waals surface area contributed by atoms with Crippen molar-refractivity contribution >= 4 is 5.97 Å². The highest BCUT2D eigenvalue weighted by Gasteiger charge is 2.20. The van der Waals surface area contributed by atoms with Gasteiger partial charge in [-0.3, -0.25) is 14.2 Å². The summed E-state index contributed by atoms with van der Waals surface area (Å²) in [6.45, 7) is 3.71. The van der Waals surface area contributed by atoms with Gasteiger partial charge in [-0.25, -0.2) is 0 Å². The van der Waals surface area contributed by atoms with E-state index in [0.29, 0.717) is 6.04 Å². The number of hydrogen-bond acceptors (Lipinski definition) is 3. The first kappa shape index (κ1) is 13.9. The van der Waals surface area contributed by atoms with Gasteiger partial charge >= 0.3 is 5.97 Å².